The van der Waals surface area contributed by atoms with Crippen molar-refractivity contribution < 1.29 is 14.3 Å². The summed E-state index contributed by atoms with van der Waals surface area (Å²) in [5.74, 6) is 2.44. The van der Waals surface area contributed by atoms with Gasteiger partial charge >= 0.3 is 6.03 Å². The average Bonchev–Trinajstić information content (AvgIpc) is 2.93. The van der Waals surface area contributed by atoms with E-state index in [2.05, 4.69) is 16.3 Å². The van der Waals surface area contributed by atoms with E-state index in [0.717, 1.165) is 47.3 Å². The molecule has 2 aromatic carbocycles. The van der Waals surface area contributed by atoms with Crippen LogP contribution >= 0.6 is 0 Å². The van der Waals surface area contributed by atoms with Crippen LogP contribution in [0.4, 0.5) is 16.3 Å². The minimum atomic E-state index is -0.184. The minimum absolute atomic E-state index is 0.184. The smallest absolute Gasteiger partial charge is 0.322 e. The van der Waals surface area contributed by atoms with E-state index in [0.29, 0.717) is 50.4 Å². The molecule has 9 nitrogen and oxygen atoms in total. The molecule has 0 radical (unpaired) electrons. The van der Waals surface area contributed by atoms with Crippen LogP contribution < -0.4 is 15.0 Å². The van der Waals surface area contributed by atoms with E-state index in [4.69, 9.17) is 24.7 Å². The zero-order valence-corrected chi connectivity index (χ0v) is 20.2. The highest BCUT2D eigenvalue weighted by Gasteiger charge is 2.28. The first-order valence-corrected chi connectivity index (χ1v) is 12.0. The second-order valence-corrected chi connectivity index (χ2v) is 8.77. The van der Waals surface area contributed by atoms with Gasteiger partial charge in [0.1, 0.15) is 17.4 Å². The van der Waals surface area contributed by atoms with Crippen LogP contribution in [0.3, 0.4) is 0 Å². The van der Waals surface area contributed by atoms with Gasteiger partial charge in [-0.05, 0) is 30.3 Å². The van der Waals surface area contributed by atoms with Gasteiger partial charge < -0.3 is 24.6 Å². The van der Waals surface area contributed by atoms with Crippen molar-refractivity contribution in [2.45, 2.75) is 19.4 Å². The molecule has 0 aliphatic carbocycles. The van der Waals surface area contributed by atoms with Gasteiger partial charge in [-0.25, -0.2) is 14.8 Å². The molecule has 0 unspecified atom stereocenters. The molecule has 2 aliphatic rings. The van der Waals surface area contributed by atoms with Gasteiger partial charge in [0.25, 0.3) is 0 Å². The van der Waals surface area contributed by atoms with Crippen LogP contribution in [0.2, 0.25) is 0 Å². The molecular weight excluding hydrogens is 456 g/mol. The fourth-order valence-corrected chi connectivity index (χ4v) is 4.59. The van der Waals surface area contributed by atoms with Crippen molar-refractivity contribution in [3.05, 3.63) is 76.7 Å². The zero-order valence-electron chi connectivity index (χ0n) is 20.2. The number of nitriles is 1. The van der Waals surface area contributed by atoms with Gasteiger partial charge in [-0.3, -0.25) is 0 Å². The summed E-state index contributed by atoms with van der Waals surface area (Å²) in [7, 11) is 1.67. The van der Waals surface area contributed by atoms with Gasteiger partial charge in [0, 0.05) is 49.3 Å². The summed E-state index contributed by atoms with van der Waals surface area (Å²) in [6.45, 7) is 3.76. The van der Waals surface area contributed by atoms with Gasteiger partial charge in [-0.15, -0.1) is 0 Å². The summed E-state index contributed by atoms with van der Waals surface area (Å²) in [5.41, 5.74) is 4.21. The Balaban J connectivity index is 1.41. The lowest BCUT2D eigenvalue weighted by Gasteiger charge is -2.34. The fourth-order valence-electron chi connectivity index (χ4n) is 4.59. The Morgan fingerprint density at radius 3 is 2.64 bits per heavy atom. The molecule has 3 aromatic rings. The molecule has 1 N–H and O–H groups in total. The molecule has 2 amide bonds. The van der Waals surface area contributed by atoms with Crippen LogP contribution in [0.1, 0.15) is 28.2 Å². The maximum atomic E-state index is 13.1. The molecule has 1 saturated heterocycles. The molecule has 0 atom stereocenters. The third-order valence-electron chi connectivity index (χ3n) is 6.49. The van der Waals surface area contributed by atoms with Crippen LogP contribution in [-0.4, -0.2) is 60.9 Å². The topological polar surface area (TPSA) is 104 Å². The first-order valence-electron chi connectivity index (χ1n) is 12.0. The maximum Gasteiger partial charge on any atom is 0.322 e. The molecule has 0 spiro atoms. The molecule has 1 fully saturated rings. The monoisotopic (exact) mass is 484 g/mol. The summed E-state index contributed by atoms with van der Waals surface area (Å²) in [5, 5.41) is 11.9. The summed E-state index contributed by atoms with van der Waals surface area (Å²) in [6.07, 6.45) is 1.21. The van der Waals surface area contributed by atoms with E-state index >= 15 is 0 Å². The molecule has 2 aliphatic heterocycles. The number of methoxy groups -OCH3 is 1. The number of hydrogen-bond donors (Lipinski definition) is 1. The number of morpholine rings is 1. The summed E-state index contributed by atoms with van der Waals surface area (Å²) in [4.78, 5) is 27.0. The Morgan fingerprint density at radius 1 is 1.11 bits per heavy atom. The number of hydrogen-bond acceptors (Lipinski definition) is 7. The highest BCUT2D eigenvalue weighted by atomic mass is 16.5. The zero-order chi connectivity index (χ0) is 24.9. The number of rotatable bonds is 5. The summed E-state index contributed by atoms with van der Waals surface area (Å²) >= 11 is 0. The van der Waals surface area contributed by atoms with Crippen molar-refractivity contribution in [3.63, 3.8) is 0 Å². The number of nitrogens with one attached hydrogen (secondary N) is 1. The summed E-state index contributed by atoms with van der Waals surface area (Å²) < 4.78 is 11.1. The maximum absolute atomic E-state index is 13.1. The number of ether oxygens (including phenoxy) is 2. The van der Waals surface area contributed by atoms with Crippen LogP contribution in [0.25, 0.3) is 0 Å². The highest BCUT2D eigenvalue weighted by Crippen LogP contribution is 2.29. The highest BCUT2D eigenvalue weighted by molar-refractivity contribution is 5.89. The van der Waals surface area contributed by atoms with Crippen molar-refractivity contribution in [1.82, 2.24) is 14.9 Å². The number of benzene rings is 2. The molecular formula is C27H28N6O3. The van der Waals surface area contributed by atoms with E-state index in [9.17, 15) is 4.79 Å². The lowest BCUT2D eigenvalue weighted by atomic mass is 10.0. The van der Waals surface area contributed by atoms with Crippen molar-refractivity contribution in [1.29, 1.82) is 5.26 Å². The largest absolute Gasteiger partial charge is 0.496 e. The van der Waals surface area contributed by atoms with Crippen molar-refractivity contribution >= 4 is 17.5 Å². The van der Waals surface area contributed by atoms with Crippen molar-refractivity contribution in [3.8, 4) is 11.8 Å². The molecule has 36 heavy (non-hydrogen) atoms. The summed E-state index contributed by atoms with van der Waals surface area (Å²) in [6, 6.07) is 16.7. The van der Waals surface area contributed by atoms with Gasteiger partial charge in [-0.2, -0.15) is 5.26 Å². The number of anilines is 2. The Kier molecular flexibility index (Phi) is 6.96. The van der Waals surface area contributed by atoms with E-state index in [1.807, 2.05) is 24.3 Å². The Hall–Kier alpha value is -4.16. The van der Waals surface area contributed by atoms with E-state index in [-0.39, 0.29) is 6.03 Å². The number of aromatic nitrogens is 2. The fraction of sp³-hybridized carbons (Fsp3) is 0.333. The Labute approximate surface area is 210 Å². The van der Waals surface area contributed by atoms with Crippen molar-refractivity contribution in [2.24, 2.45) is 0 Å². The normalized spacial score (nSPS) is 15.1. The van der Waals surface area contributed by atoms with E-state index in [1.165, 1.54) is 0 Å². The van der Waals surface area contributed by atoms with Gasteiger partial charge in [0.2, 0.25) is 0 Å². The second kappa shape index (κ2) is 10.6. The third kappa shape index (κ3) is 5.09. The Bertz CT molecular complexity index is 1280. The second-order valence-electron chi connectivity index (χ2n) is 8.77. The molecule has 5 rings (SSSR count). The number of fused-ring (bicyclic) bond motifs is 1. The number of nitrogens with zero attached hydrogens (tertiary/aromatic N) is 5. The number of amides is 2. The molecule has 0 bridgehead atoms. The minimum Gasteiger partial charge on any atom is -0.496 e. The van der Waals surface area contributed by atoms with Crippen LogP contribution in [-0.2, 0) is 24.1 Å². The number of para-hydroxylation sites is 1. The predicted molar refractivity (Wildman–Crippen MR) is 135 cm³/mol. The lowest BCUT2D eigenvalue weighted by Crippen LogP contribution is -2.42. The first kappa shape index (κ1) is 23.6. The quantitative estimate of drug-likeness (QED) is 0.592. The SMILES string of the molecule is COc1ccccc1Cc1nc2c(c(N3CCOCC3)n1)CN(C(=O)Nc1ccc(C#N)cc1)CC2. The van der Waals surface area contributed by atoms with Crippen molar-refractivity contribution in [2.75, 3.05) is 50.2 Å². The standard InChI is InChI=1S/C27H28N6O3/c1-35-24-5-3-2-4-20(24)16-25-30-23-10-11-33(27(34)29-21-8-6-19(17-28)7-9-21)18-22(23)26(31-25)32-12-14-36-15-13-32/h2-9H,10-16,18H2,1H3,(H,29,34). The third-order valence-corrected chi connectivity index (χ3v) is 6.49. The van der Waals surface area contributed by atoms with Crippen LogP contribution in [0.15, 0.2) is 48.5 Å². The van der Waals surface area contributed by atoms with E-state index in [1.54, 1.807) is 36.3 Å². The van der Waals surface area contributed by atoms with E-state index < -0.39 is 0 Å². The molecule has 1 aromatic heterocycles. The molecule has 184 valence electrons. The lowest BCUT2D eigenvalue weighted by molar-refractivity contribution is 0.122. The first-order chi connectivity index (χ1) is 17.6. The Morgan fingerprint density at radius 2 is 1.89 bits per heavy atom. The van der Waals surface area contributed by atoms with Crippen LogP contribution in [0, 0.1) is 11.3 Å². The molecule has 9 heteroatoms. The van der Waals surface area contributed by atoms with Gasteiger partial charge in [0.15, 0.2) is 0 Å². The van der Waals surface area contributed by atoms with Gasteiger partial charge in [-0.1, -0.05) is 18.2 Å². The molecule has 0 saturated carbocycles. The number of urea groups is 1. The van der Waals surface area contributed by atoms with Gasteiger partial charge in [0.05, 0.1) is 44.2 Å². The average molecular weight is 485 g/mol. The predicted octanol–water partition coefficient (Wildman–Crippen LogP) is 3.37. The molecule has 3 heterocycles. The number of carbonyl (C=O) groups excluding carboxylic acids is 1. The number of carbonyl (C=O) groups is 1. The van der Waals surface area contributed by atoms with Crippen LogP contribution in [0.5, 0.6) is 5.75 Å².